The Hall–Kier alpha value is -0.710. The molecule has 1 amide bonds. The molecule has 116 valence electrons. The van der Waals surface area contributed by atoms with Crippen molar-refractivity contribution in [2.24, 2.45) is 5.92 Å². The van der Waals surface area contributed by atoms with Gasteiger partial charge in [0.05, 0.1) is 10.6 Å². The van der Waals surface area contributed by atoms with Gasteiger partial charge in [0.25, 0.3) is 5.91 Å². The van der Waals surface area contributed by atoms with E-state index in [0.29, 0.717) is 10.6 Å². The Bertz CT molecular complexity index is 487. The lowest BCUT2D eigenvalue weighted by Crippen LogP contribution is -2.39. The molecule has 1 saturated heterocycles. The van der Waals surface area contributed by atoms with Crippen molar-refractivity contribution >= 4 is 29.3 Å². The highest BCUT2D eigenvalue weighted by Crippen LogP contribution is 2.26. The standard InChI is InChI=1S/C16H23ClN2OS/c1-18-8-5-12-6-9-19(10-7-12)16(20)14-11-13(21-2)3-4-15(14)17/h3-4,11-12,18H,5-10H2,1-2H3. The number of rotatable bonds is 5. The first-order valence-electron chi connectivity index (χ1n) is 7.43. The van der Waals surface area contributed by atoms with Gasteiger partial charge in [0.1, 0.15) is 0 Å². The maximum atomic E-state index is 12.6. The van der Waals surface area contributed by atoms with Gasteiger partial charge in [0, 0.05) is 18.0 Å². The lowest BCUT2D eigenvalue weighted by molar-refractivity contribution is 0.0687. The van der Waals surface area contributed by atoms with Gasteiger partial charge in [0.2, 0.25) is 0 Å². The number of nitrogens with zero attached hydrogens (tertiary/aromatic N) is 1. The lowest BCUT2D eigenvalue weighted by atomic mass is 9.93. The van der Waals surface area contributed by atoms with E-state index in [4.69, 9.17) is 11.6 Å². The number of benzene rings is 1. The second kappa shape index (κ2) is 8.06. The summed E-state index contributed by atoms with van der Waals surface area (Å²) in [6, 6.07) is 5.68. The van der Waals surface area contributed by atoms with Crippen LogP contribution in [0.4, 0.5) is 0 Å². The maximum Gasteiger partial charge on any atom is 0.255 e. The first-order chi connectivity index (χ1) is 10.2. The zero-order valence-electron chi connectivity index (χ0n) is 12.7. The van der Waals surface area contributed by atoms with Gasteiger partial charge in [-0.15, -0.1) is 11.8 Å². The third-order valence-electron chi connectivity index (χ3n) is 4.11. The molecule has 1 aliphatic rings. The maximum absolute atomic E-state index is 12.6. The summed E-state index contributed by atoms with van der Waals surface area (Å²) in [5, 5.41) is 3.75. The van der Waals surface area contributed by atoms with Gasteiger partial charge in [-0.3, -0.25) is 4.79 Å². The Balaban J connectivity index is 1.98. The molecule has 21 heavy (non-hydrogen) atoms. The average molecular weight is 327 g/mol. The quantitative estimate of drug-likeness (QED) is 0.840. The number of thioether (sulfide) groups is 1. The SMILES string of the molecule is CNCCC1CCN(C(=O)c2cc(SC)ccc2Cl)CC1. The van der Waals surface area contributed by atoms with E-state index in [9.17, 15) is 4.79 Å². The first kappa shape index (κ1) is 16.7. The molecule has 2 rings (SSSR count). The Labute approximate surface area is 136 Å². The molecule has 3 nitrogen and oxygen atoms in total. The van der Waals surface area contributed by atoms with Crippen molar-refractivity contribution in [2.45, 2.75) is 24.2 Å². The van der Waals surface area contributed by atoms with E-state index in [0.717, 1.165) is 43.3 Å². The normalized spacial score (nSPS) is 16.2. The van der Waals surface area contributed by atoms with Crippen LogP contribution in [-0.4, -0.2) is 43.7 Å². The van der Waals surface area contributed by atoms with E-state index < -0.39 is 0 Å². The molecule has 0 radical (unpaired) electrons. The van der Waals surface area contributed by atoms with Crippen LogP contribution in [0.2, 0.25) is 5.02 Å². The van der Waals surface area contributed by atoms with E-state index in [2.05, 4.69) is 5.32 Å². The Kier molecular flexibility index (Phi) is 6.40. The number of amides is 1. The summed E-state index contributed by atoms with van der Waals surface area (Å²) < 4.78 is 0. The predicted molar refractivity (Wildman–Crippen MR) is 90.4 cm³/mol. The van der Waals surface area contributed by atoms with Gasteiger partial charge < -0.3 is 10.2 Å². The summed E-state index contributed by atoms with van der Waals surface area (Å²) >= 11 is 7.83. The molecular weight excluding hydrogens is 304 g/mol. The predicted octanol–water partition coefficient (Wildman–Crippen LogP) is 3.52. The molecule has 0 aromatic heterocycles. The molecule has 1 fully saturated rings. The van der Waals surface area contributed by atoms with Crippen molar-refractivity contribution in [3.63, 3.8) is 0 Å². The number of carbonyl (C=O) groups excluding carboxylic acids is 1. The first-order valence-corrected chi connectivity index (χ1v) is 9.03. The average Bonchev–Trinajstić information content (AvgIpc) is 2.53. The minimum Gasteiger partial charge on any atom is -0.339 e. The number of piperidine rings is 1. The van der Waals surface area contributed by atoms with Crippen molar-refractivity contribution in [1.29, 1.82) is 0 Å². The van der Waals surface area contributed by atoms with Crippen molar-refractivity contribution in [3.05, 3.63) is 28.8 Å². The Morgan fingerprint density at radius 1 is 1.43 bits per heavy atom. The minimum atomic E-state index is 0.0722. The third-order valence-corrected chi connectivity index (χ3v) is 5.16. The van der Waals surface area contributed by atoms with E-state index in [-0.39, 0.29) is 5.91 Å². The summed E-state index contributed by atoms with van der Waals surface area (Å²) in [7, 11) is 1.99. The summed E-state index contributed by atoms with van der Waals surface area (Å²) in [6.45, 7) is 2.74. The van der Waals surface area contributed by atoms with Crippen LogP contribution in [0.1, 0.15) is 29.6 Å². The highest BCUT2D eigenvalue weighted by molar-refractivity contribution is 7.98. The van der Waals surface area contributed by atoms with Gasteiger partial charge in [-0.25, -0.2) is 0 Å². The van der Waals surface area contributed by atoms with Crippen molar-refractivity contribution in [1.82, 2.24) is 10.2 Å². The molecule has 1 aromatic rings. The number of halogens is 1. The van der Waals surface area contributed by atoms with Gasteiger partial charge in [-0.05, 0) is 63.2 Å². The van der Waals surface area contributed by atoms with Crippen molar-refractivity contribution in [2.75, 3.05) is 32.9 Å². The summed E-state index contributed by atoms with van der Waals surface area (Å²) in [6.07, 6.45) is 5.38. The molecule has 1 aromatic carbocycles. The molecule has 5 heteroatoms. The van der Waals surface area contributed by atoms with Crippen molar-refractivity contribution in [3.8, 4) is 0 Å². The molecule has 0 aliphatic carbocycles. The number of hydrogen-bond acceptors (Lipinski definition) is 3. The highest BCUT2D eigenvalue weighted by Gasteiger charge is 2.24. The lowest BCUT2D eigenvalue weighted by Gasteiger charge is -2.32. The number of carbonyl (C=O) groups is 1. The van der Waals surface area contributed by atoms with Gasteiger partial charge in [0.15, 0.2) is 0 Å². The second-order valence-electron chi connectivity index (χ2n) is 5.47. The molecule has 0 bridgehead atoms. The van der Waals surface area contributed by atoms with E-state index in [1.807, 2.05) is 36.4 Å². The fraction of sp³-hybridized carbons (Fsp3) is 0.562. The van der Waals surface area contributed by atoms with Crippen LogP contribution in [0.25, 0.3) is 0 Å². The fourth-order valence-electron chi connectivity index (χ4n) is 2.74. The number of hydrogen-bond donors (Lipinski definition) is 1. The smallest absolute Gasteiger partial charge is 0.255 e. The summed E-state index contributed by atoms with van der Waals surface area (Å²) in [5.41, 5.74) is 0.636. The van der Waals surface area contributed by atoms with Crippen LogP contribution < -0.4 is 5.32 Å². The van der Waals surface area contributed by atoms with Crippen LogP contribution in [-0.2, 0) is 0 Å². The van der Waals surface area contributed by atoms with E-state index in [1.54, 1.807) is 11.8 Å². The van der Waals surface area contributed by atoms with E-state index in [1.165, 1.54) is 6.42 Å². The zero-order chi connectivity index (χ0) is 15.2. The van der Waals surface area contributed by atoms with Gasteiger partial charge in [-0.2, -0.15) is 0 Å². The molecule has 0 unspecified atom stereocenters. The van der Waals surface area contributed by atoms with Crippen LogP contribution in [0.5, 0.6) is 0 Å². The largest absolute Gasteiger partial charge is 0.339 e. The van der Waals surface area contributed by atoms with Crippen molar-refractivity contribution < 1.29 is 4.79 Å². The molecule has 0 spiro atoms. The number of likely N-dealkylation sites (tertiary alicyclic amines) is 1. The summed E-state index contributed by atoms with van der Waals surface area (Å²) in [4.78, 5) is 15.7. The van der Waals surface area contributed by atoms with Crippen LogP contribution in [0.3, 0.4) is 0 Å². The molecule has 1 N–H and O–H groups in total. The topological polar surface area (TPSA) is 32.3 Å². The monoisotopic (exact) mass is 326 g/mol. The van der Waals surface area contributed by atoms with Crippen LogP contribution >= 0.6 is 23.4 Å². The van der Waals surface area contributed by atoms with Gasteiger partial charge in [-0.1, -0.05) is 11.6 Å². The Morgan fingerprint density at radius 3 is 2.76 bits per heavy atom. The minimum absolute atomic E-state index is 0.0722. The molecule has 1 aliphatic heterocycles. The van der Waals surface area contributed by atoms with E-state index >= 15 is 0 Å². The van der Waals surface area contributed by atoms with Crippen LogP contribution in [0, 0.1) is 5.92 Å². The third kappa shape index (κ3) is 4.38. The molecule has 0 atom stereocenters. The number of nitrogens with one attached hydrogen (secondary N) is 1. The Morgan fingerprint density at radius 2 is 2.14 bits per heavy atom. The molecule has 1 heterocycles. The fourth-order valence-corrected chi connectivity index (χ4v) is 3.38. The van der Waals surface area contributed by atoms with Gasteiger partial charge >= 0.3 is 0 Å². The van der Waals surface area contributed by atoms with Crippen LogP contribution in [0.15, 0.2) is 23.1 Å². The highest BCUT2D eigenvalue weighted by atomic mass is 35.5. The molecule has 0 saturated carbocycles. The zero-order valence-corrected chi connectivity index (χ0v) is 14.3. The second-order valence-corrected chi connectivity index (χ2v) is 6.76. The molecular formula is C16H23ClN2OS. The summed E-state index contributed by atoms with van der Waals surface area (Å²) in [5.74, 6) is 0.803.